The average molecular weight is 457 g/mol. The Bertz CT molecular complexity index is 1090. The fraction of sp³-hybridized carbons (Fsp3) is 0.174. The number of aromatic nitrogens is 1. The van der Waals surface area contributed by atoms with Crippen LogP contribution in [-0.4, -0.2) is 35.5 Å². The number of allylic oxidation sites excluding steroid dienone is 1. The Hall–Kier alpha value is -3.16. The zero-order valence-corrected chi connectivity index (χ0v) is 18.6. The number of methoxy groups -OCH3 is 1. The van der Waals surface area contributed by atoms with Crippen molar-refractivity contribution < 1.29 is 19.4 Å². The van der Waals surface area contributed by atoms with Gasteiger partial charge in [-0.1, -0.05) is 41.1 Å². The van der Waals surface area contributed by atoms with E-state index < -0.39 is 5.97 Å². The van der Waals surface area contributed by atoms with Crippen LogP contribution in [0, 0.1) is 6.92 Å². The smallest absolute Gasteiger partial charge is 0.305 e. The maximum Gasteiger partial charge on any atom is 0.305 e. The molecule has 0 atom stereocenters. The molecule has 8 heteroatoms. The Balaban J connectivity index is 1.86. The van der Waals surface area contributed by atoms with E-state index in [1.807, 2.05) is 24.3 Å². The van der Waals surface area contributed by atoms with Crippen molar-refractivity contribution in [1.29, 1.82) is 0 Å². The van der Waals surface area contributed by atoms with Crippen LogP contribution in [-0.2, 0) is 4.79 Å². The van der Waals surface area contributed by atoms with E-state index in [0.717, 1.165) is 11.3 Å². The number of anilines is 2. The molecule has 0 radical (unpaired) electrons. The molecular formula is C23H21ClN2O4S. The highest BCUT2D eigenvalue weighted by molar-refractivity contribution is 7.17. The van der Waals surface area contributed by atoms with Gasteiger partial charge in [0.15, 0.2) is 10.9 Å². The van der Waals surface area contributed by atoms with E-state index in [1.54, 1.807) is 49.3 Å². The molecule has 1 N–H and O–H groups in total. The number of rotatable bonds is 9. The maximum absolute atomic E-state index is 12.8. The molecule has 1 heterocycles. The van der Waals surface area contributed by atoms with E-state index in [2.05, 4.69) is 4.98 Å². The summed E-state index contributed by atoms with van der Waals surface area (Å²) in [4.78, 5) is 30.8. The fourth-order valence-electron chi connectivity index (χ4n) is 2.85. The molecule has 1 aromatic heterocycles. The number of thiazole rings is 1. The van der Waals surface area contributed by atoms with Crippen LogP contribution in [0.4, 0.5) is 10.8 Å². The van der Waals surface area contributed by atoms with Gasteiger partial charge in [0, 0.05) is 17.3 Å². The largest absolute Gasteiger partial charge is 0.497 e. The predicted molar refractivity (Wildman–Crippen MR) is 124 cm³/mol. The molecule has 0 aliphatic heterocycles. The molecule has 0 fully saturated rings. The van der Waals surface area contributed by atoms with Crippen LogP contribution < -0.4 is 9.64 Å². The van der Waals surface area contributed by atoms with Crippen LogP contribution in [0.2, 0.25) is 5.02 Å². The first kappa shape index (κ1) is 22.5. The highest BCUT2D eigenvalue weighted by Gasteiger charge is 2.20. The van der Waals surface area contributed by atoms with Gasteiger partial charge in [-0.15, -0.1) is 0 Å². The summed E-state index contributed by atoms with van der Waals surface area (Å²) in [5.41, 5.74) is 2.23. The van der Waals surface area contributed by atoms with Crippen molar-refractivity contribution in [3.8, 4) is 5.75 Å². The normalized spacial score (nSPS) is 10.9. The first-order valence-electron chi connectivity index (χ1n) is 9.46. The highest BCUT2D eigenvalue weighted by atomic mass is 35.5. The van der Waals surface area contributed by atoms with Crippen molar-refractivity contribution in [2.24, 2.45) is 0 Å². The van der Waals surface area contributed by atoms with Crippen LogP contribution in [0.1, 0.15) is 27.3 Å². The summed E-state index contributed by atoms with van der Waals surface area (Å²) in [5, 5.41) is 10.3. The number of carbonyl (C=O) groups excluding carboxylic acids is 1. The lowest BCUT2D eigenvalue weighted by Gasteiger charge is -2.21. The van der Waals surface area contributed by atoms with Gasteiger partial charge in [-0.25, -0.2) is 4.98 Å². The van der Waals surface area contributed by atoms with Crippen molar-refractivity contribution in [3.05, 3.63) is 75.8 Å². The summed E-state index contributed by atoms with van der Waals surface area (Å²) in [5.74, 6) is -0.376. The zero-order chi connectivity index (χ0) is 22.4. The molecule has 0 bridgehead atoms. The SMILES string of the molecule is COc1ccc(N(CCC(=O)O)c2nc(C)c(C(=O)/C=C/c3ccc(Cl)cc3)s2)cc1. The third-order valence-electron chi connectivity index (χ3n) is 4.47. The van der Waals surface area contributed by atoms with E-state index in [9.17, 15) is 9.59 Å². The zero-order valence-electron chi connectivity index (χ0n) is 17.0. The van der Waals surface area contributed by atoms with Gasteiger partial charge in [-0.2, -0.15) is 0 Å². The van der Waals surface area contributed by atoms with E-state index in [-0.39, 0.29) is 18.7 Å². The fourth-order valence-corrected chi connectivity index (χ4v) is 4.01. The number of ether oxygens (including phenoxy) is 1. The molecule has 0 unspecified atom stereocenters. The van der Waals surface area contributed by atoms with Gasteiger partial charge in [0.1, 0.15) is 5.75 Å². The minimum absolute atomic E-state index is 0.0651. The summed E-state index contributed by atoms with van der Waals surface area (Å²) in [6, 6.07) is 14.4. The number of carboxylic acids is 1. The summed E-state index contributed by atoms with van der Waals surface area (Å²) in [6.45, 7) is 2.00. The second kappa shape index (κ2) is 10.2. The number of benzene rings is 2. The second-order valence-electron chi connectivity index (χ2n) is 6.65. The molecule has 0 spiro atoms. The lowest BCUT2D eigenvalue weighted by molar-refractivity contribution is -0.136. The van der Waals surface area contributed by atoms with E-state index in [0.29, 0.717) is 26.5 Å². The Kier molecular flexibility index (Phi) is 7.44. The van der Waals surface area contributed by atoms with E-state index in [4.69, 9.17) is 21.4 Å². The molecule has 6 nitrogen and oxygen atoms in total. The summed E-state index contributed by atoms with van der Waals surface area (Å²) in [6.07, 6.45) is 3.16. The van der Waals surface area contributed by atoms with Crippen LogP contribution in [0.25, 0.3) is 6.08 Å². The first-order chi connectivity index (χ1) is 14.9. The predicted octanol–water partition coefficient (Wildman–Crippen LogP) is 5.62. The van der Waals surface area contributed by atoms with Crippen LogP contribution in [0.5, 0.6) is 5.75 Å². The molecule has 0 aliphatic rings. The number of carboxylic acid groups (broad SMARTS) is 1. The Morgan fingerprint density at radius 3 is 2.45 bits per heavy atom. The van der Waals surface area contributed by atoms with Gasteiger partial charge >= 0.3 is 5.97 Å². The second-order valence-corrected chi connectivity index (χ2v) is 8.07. The molecule has 0 saturated carbocycles. The van der Waals surface area contributed by atoms with Crippen molar-refractivity contribution in [2.45, 2.75) is 13.3 Å². The molecule has 0 amide bonds. The number of hydrogen-bond acceptors (Lipinski definition) is 6. The van der Waals surface area contributed by atoms with E-state index in [1.165, 1.54) is 17.4 Å². The number of halogens is 1. The van der Waals surface area contributed by atoms with Crippen LogP contribution in [0.3, 0.4) is 0 Å². The molecule has 3 aromatic rings. The van der Waals surface area contributed by atoms with Gasteiger partial charge in [-0.3, -0.25) is 9.59 Å². The van der Waals surface area contributed by atoms with Crippen molar-refractivity contribution in [2.75, 3.05) is 18.6 Å². The Labute approximate surface area is 189 Å². The van der Waals surface area contributed by atoms with Gasteiger partial charge in [0.05, 0.1) is 24.1 Å². The third-order valence-corrected chi connectivity index (χ3v) is 5.92. The van der Waals surface area contributed by atoms with Crippen molar-refractivity contribution >= 4 is 51.6 Å². The number of aliphatic carboxylic acids is 1. The van der Waals surface area contributed by atoms with Gasteiger partial charge < -0.3 is 14.7 Å². The maximum atomic E-state index is 12.8. The average Bonchev–Trinajstić information content (AvgIpc) is 3.15. The number of aryl methyl sites for hydroxylation is 1. The quantitative estimate of drug-likeness (QED) is 0.332. The van der Waals surface area contributed by atoms with Gasteiger partial charge in [-0.05, 0) is 55.0 Å². The molecule has 3 rings (SSSR count). The van der Waals surface area contributed by atoms with Gasteiger partial charge in [0.25, 0.3) is 0 Å². The monoisotopic (exact) mass is 456 g/mol. The Morgan fingerprint density at radius 2 is 1.84 bits per heavy atom. The minimum Gasteiger partial charge on any atom is -0.497 e. The number of carbonyl (C=O) groups is 2. The highest BCUT2D eigenvalue weighted by Crippen LogP contribution is 2.33. The molecule has 2 aromatic carbocycles. The molecular weight excluding hydrogens is 436 g/mol. The summed E-state index contributed by atoms with van der Waals surface area (Å²) >= 11 is 7.13. The third kappa shape index (κ3) is 5.93. The minimum atomic E-state index is -0.908. The first-order valence-corrected chi connectivity index (χ1v) is 10.7. The molecule has 31 heavy (non-hydrogen) atoms. The lowest BCUT2D eigenvalue weighted by Crippen LogP contribution is -2.20. The van der Waals surface area contributed by atoms with Crippen molar-refractivity contribution in [3.63, 3.8) is 0 Å². The lowest BCUT2D eigenvalue weighted by atomic mass is 10.2. The van der Waals surface area contributed by atoms with Crippen LogP contribution >= 0.6 is 22.9 Å². The number of ketones is 1. The standard InChI is InChI=1S/C23H21ClN2O4S/c1-15-22(20(27)12-5-16-3-6-17(24)7-4-16)31-23(25-15)26(14-13-21(28)29)18-8-10-19(30-2)11-9-18/h3-12H,13-14H2,1-2H3,(H,28,29)/b12-5+. The van der Waals surface area contributed by atoms with Crippen LogP contribution in [0.15, 0.2) is 54.6 Å². The molecule has 0 aliphatic carbocycles. The topological polar surface area (TPSA) is 79.7 Å². The number of nitrogens with zero attached hydrogens (tertiary/aromatic N) is 2. The van der Waals surface area contributed by atoms with Crippen molar-refractivity contribution in [1.82, 2.24) is 4.98 Å². The summed E-state index contributed by atoms with van der Waals surface area (Å²) in [7, 11) is 1.58. The molecule has 0 saturated heterocycles. The summed E-state index contributed by atoms with van der Waals surface area (Å²) < 4.78 is 5.19. The Morgan fingerprint density at radius 1 is 1.16 bits per heavy atom. The van der Waals surface area contributed by atoms with E-state index >= 15 is 0 Å². The molecule has 160 valence electrons. The van der Waals surface area contributed by atoms with Gasteiger partial charge in [0.2, 0.25) is 0 Å². The number of hydrogen-bond donors (Lipinski definition) is 1.